The number of nitrogens with one attached hydrogen (secondary N) is 1. The van der Waals surface area contributed by atoms with Crippen molar-refractivity contribution in [3.05, 3.63) is 12.7 Å². The molecule has 1 aliphatic rings. The first-order valence-electron chi connectivity index (χ1n) is 3.85. The summed E-state index contributed by atoms with van der Waals surface area (Å²) in [5.74, 6) is 0.892. The van der Waals surface area contributed by atoms with Crippen molar-refractivity contribution in [1.29, 1.82) is 0 Å². The van der Waals surface area contributed by atoms with Gasteiger partial charge < -0.3 is 9.88 Å². The van der Waals surface area contributed by atoms with Crippen LogP contribution in [0.1, 0.15) is 0 Å². The molecular formula is C7H7N5. The van der Waals surface area contributed by atoms with Gasteiger partial charge in [0.05, 0.1) is 6.33 Å². The lowest BCUT2D eigenvalue weighted by Gasteiger charge is -2.14. The lowest BCUT2D eigenvalue weighted by molar-refractivity contribution is 0.729. The van der Waals surface area contributed by atoms with Crippen LogP contribution in [0.25, 0.3) is 11.2 Å². The molecule has 12 heavy (non-hydrogen) atoms. The molecule has 5 heteroatoms. The second-order valence-electron chi connectivity index (χ2n) is 2.76. The monoisotopic (exact) mass is 161 g/mol. The van der Waals surface area contributed by atoms with E-state index in [2.05, 4.69) is 24.8 Å². The highest BCUT2D eigenvalue weighted by atomic mass is 15.2. The van der Waals surface area contributed by atoms with Crippen molar-refractivity contribution >= 4 is 17.0 Å². The first-order chi connectivity index (χ1) is 5.95. The van der Waals surface area contributed by atoms with Crippen molar-refractivity contribution in [3.8, 4) is 0 Å². The number of anilines is 1. The highest BCUT2D eigenvalue weighted by molar-refractivity contribution is 5.83. The SMILES string of the molecule is c1nc2c3c(n1)ncn3CCN2. The van der Waals surface area contributed by atoms with Gasteiger partial charge in [0.2, 0.25) is 0 Å². The first-order valence-corrected chi connectivity index (χ1v) is 3.85. The van der Waals surface area contributed by atoms with Crippen LogP contribution >= 0.6 is 0 Å². The number of hydrogen-bond donors (Lipinski definition) is 1. The van der Waals surface area contributed by atoms with E-state index >= 15 is 0 Å². The number of nitrogens with zero attached hydrogens (tertiary/aromatic N) is 4. The molecule has 0 atom stereocenters. The molecule has 0 saturated carbocycles. The Labute approximate surface area is 68.5 Å². The summed E-state index contributed by atoms with van der Waals surface area (Å²) in [6.07, 6.45) is 3.34. The van der Waals surface area contributed by atoms with Crippen LogP contribution in [0.4, 0.5) is 5.82 Å². The van der Waals surface area contributed by atoms with Crippen LogP contribution in [0.5, 0.6) is 0 Å². The lowest BCUT2D eigenvalue weighted by atomic mass is 10.4. The second-order valence-corrected chi connectivity index (χ2v) is 2.76. The van der Waals surface area contributed by atoms with Crippen LogP contribution in [-0.2, 0) is 6.54 Å². The summed E-state index contributed by atoms with van der Waals surface area (Å²) in [4.78, 5) is 12.4. The standard InChI is InChI=1S/C7H7N5/c1-2-12-4-11-7-5(12)6(8-1)9-3-10-7/h3-4H,1-2H2,(H,8,9,10). The van der Waals surface area contributed by atoms with E-state index in [-0.39, 0.29) is 0 Å². The second kappa shape index (κ2) is 1.94. The van der Waals surface area contributed by atoms with E-state index in [0.717, 1.165) is 30.1 Å². The molecule has 0 saturated heterocycles. The molecule has 0 unspecified atom stereocenters. The minimum Gasteiger partial charge on any atom is -0.366 e. The van der Waals surface area contributed by atoms with Crippen molar-refractivity contribution in [2.45, 2.75) is 6.54 Å². The fourth-order valence-electron chi connectivity index (χ4n) is 1.50. The van der Waals surface area contributed by atoms with Gasteiger partial charge in [0.25, 0.3) is 0 Å². The summed E-state index contributed by atoms with van der Waals surface area (Å²) in [6.45, 7) is 1.85. The number of imidazole rings is 1. The van der Waals surface area contributed by atoms with Crippen LogP contribution in [0.3, 0.4) is 0 Å². The Kier molecular flexibility index (Phi) is 0.957. The van der Waals surface area contributed by atoms with E-state index < -0.39 is 0 Å². The van der Waals surface area contributed by atoms with Gasteiger partial charge in [-0.25, -0.2) is 15.0 Å². The highest BCUT2D eigenvalue weighted by Crippen LogP contribution is 2.20. The third-order valence-corrected chi connectivity index (χ3v) is 2.05. The Morgan fingerprint density at radius 3 is 3.33 bits per heavy atom. The van der Waals surface area contributed by atoms with Gasteiger partial charge in [0.15, 0.2) is 11.5 Å². The fourth-order valence-corrected chi connectivity index (χ4v) is 1.50. The molecule has 1 N–H and O–H groups in total. The minimum atomic E-state index is 0.771. The molecule has 0 spiro atoms. The topological polar surface area (TPSA) is 55.6 Å². The Bertz CT molecular complexity index is 432. The maximum absolute atomic E-state index is 4.16. The number of hydrogen-bond acceptors (Lipinski definition) is 4. The maximum atomic E-state index is 4.16. The summed E-state index contributed by atoms with van der Waals surface area (Å²) >= 11 is 0. The quantitative estimate of drug-likeness (QED) is 0.601. The summed E-state index contributed by atoms with van der Waals surface area (Å²) in [5, 5.41) is 3.20. The molecule has 2 aromatic rings. The Hall–Kier alpha value is -1.65. The molecule has 60 valence electrons. The molecule has 3 rings (SSSR count). The molecule has 5 nitrogen and oxygen atoms in total. The van der Waals surface area contributed by atoms with Crippen molar-refractivity contribution in [3.63, 3.8) is 0 Å². The summed E-state index contributed by atoms with van der Waals surface area (Å²) in [5.41, 5.74) is 1.79. The maximum Gasteiger partial charge on any atom is 0.182 e. The Morgan fingerprint density at radius 1 is 1.33 bits per heavy atom. The van der Waals surface area contributed by atoms with Crippen molar-refractivity contribution in [2.24, 2.45) is 0 Å². The Morgan fingerprint density at radius 2 is 2.33 bits per heavy atom. The molecule has 0 radical (unpaired) electrons. The first kappa shape index (κ1) is 5.93. The summed E-state index contributed by atoms with van der Waals surface area (Å²) in [6, 6.07) is 0. The van der Waals surface area contributed by atoms with Gasteiger partial charge >= 0.3 is 0 Å². The average molecular weight is 161 g/mol. The van der Waals surface area contributed by atoms with Crippen LogP contribution in [0.2, 0.25) is 0 Å². The van der Waals surface area contributed by atoms with Crippen LogP contribution in [0, 0.1) is 0 Å². The van der Waals surface area contributed by atoms with Gasteiger partial charge in [-0.1, -0.05) is 0 Å². The Balaban J connectivity index is 2.50. The largest absolute Gasteiger partial charge is 0.366 e. The van der Waals surface area contributed by atoms with Gasteiger partial charge in [-0.3, -0.25) is 0 Å². The molecule has 0 amide bonds. The van der Waals surface area contributed by atoms with Crippen molar-refractivity contribution in [2.75, 3.05) is 11.9 Å². The van der Waals surface area contributed by atoms with Gasteiger partial charge in [-0.05, 0) is 0 Å². The summed E-state index contributed by atoms with van der Waals surface area (Å²) < 4.78 is 2.07. The van der Waals surface area contributed by atoms with E-state index in [9.17, 15) is 0 Å². The number of aromatic nitrogens is 4. The van der Waals surface area contributed by atoms with Crippen molar-refractivity contribution < 1.29 is 0 Å². The van der Waals surface area contributed by atoms with E-state index in [4.69, 9.17) is 0 Å². The molecule has 0 aliphatic carbocycles. The fraction of sp³-hybridized carbons (Fsp3) is 0.286. The van der Waals surface area contributed by atoms with E-state index in [0.29, 0.717) is 0 Å². The van der Waals surface area contributed by atoms with Crippen LogP contribution < -0.4 is 5.32 Å². The molecule has 0 fully saturated rings. The van der Waals surface area contributed by atoms with Gasteiger partial charge in [-0.2, -0.15) is 0 Å². The third-order valence-electron chi connectivity index (χ3n) is 2.05. The average Bonchev–Trinajstić information content (AvgIpc) is 2.52. The van der Waals surface area contributed by atoms with Crippen molar-refractivity contribution in [1.82, 2.24) is 19.5 Å². The molecule has 3 heterocycles. The summed E-state index contributed by atoms with van der Waals surface area (Å²) in [7, 11) is 0. The van der Waals surface area contributed by atoms with Gasteiger partial charge in [-0.15, -0.1) is 0 Å². The highest BCUT2D eigenvalue weighted by Gasteiger charge is 2.13. The van der Waals surface area contributed by atoms with Gasteiger partial charge in [0, 0.05) is 13.1 Å². The zero-order valence-electron chi connectivity index (χ0n) is 6.36. The van der Waals surface area contributed by atoms with E-state index in [1.54, 1.807) is 0 Å². The molecular weight excluding hydrogens is 154 g/mol. The molecule has 0 aromatic carbocycles. The lowest BCUT2D eigenvalue weighted by Crippen LogP contribution is -2.17. The van der Waals surface area contributed by atoms with Crippen LogP contribution in [-0.4, -0.2) is 26.1 Å². The smallest absolute Gasteiger partial charge is 0.182 e. The predicted molar refractivity (Wildman–Crippen MR) is 43.8 cm³/mol. The normalized spacial score (nSPS) is 14.7. The molecule has 2 aromatic heterocycles. The molecule has 0 bridgehead atoms. The number of rotatable bonds is 0. The van der Waals surface area contributed by atoms with E-state index in [1.807, 2.05) is 6.33 Å². The third kappa shape index (κ3) is 0.603. The van der Waals surface area contributed by atoms with Crippen LogP contribution in [0.15, 0.2) is 12.7 Å². The minimum absolute atomic E-state index is 0.771. The predicted octanol–water partition coefficient (Wildman–Crippen LogP) is 0.252. The zero-order chi connectivity index (χ0) is 7.97. The zero-order valence-corrected chi connectivity index (χ0v) is 6.36. The van der Waals surface area contributed by atoms with E-state index in [1.165, 1.54) is 6.33 Å². The molecule has 1 aliphatic heterocycles. The van der Waals surface area contributed by atoms with Gasteiger partial charge in [0.1, 0.15) is 11.8 Å².